The molecule has 0 unspecified atom stereocenters. The van der Waals surface area contributed by atoms with Crippen molar-refractivity contribution in [1.29, 1.82) is 0 Å². The molecule has 0 bridgehead atoms. The maximum Gasteiger partial charge on any atom is 0.171 e. The molecule has 0 aliphatic carbocycles. The molecule has 2 heterocycles. The molecule has 4 rings (SSSR count). The van der Waals surface area contributed by atoms with E-state index >= 15 is 0 Å². The highest BCUT2D eigenvalue weighted by molar-refractivity contribution is 7.97. The zero-order valence-electron chi connectivity index (χ0n) is 18.7. The lowest BCUT2D eigenvalue weighted by Crippen LogP contribution is -2.25. The highest BCUT2D eigenvalue weighted by atomic mass is 35.5. The summed E-state index contributed by atoms with van der Waals surface area (Å²) in [4.78, 5) is 14.0. The molecule has 0 fully saturated rings. The lowest BCUT2D eigenvalue weighted by molar-refractivity contribution is 0.323. The van der Waals surface area contributed by atoms with Crippen LogP contribution in [0.15, 0.2) is 66.9 Å². The van der Waals surface area contributed by atoms with Crippen molar-refractivity contribution in [1.82, 2.24) is 18.8 Å². The van der Waals surface area contributed by atoms with Crippen molar-refractivity contribution >= 4 is 40.3 Å². The standard InChI is InChI=1S/C25H28ClN5S/c1-29(18-19-10-5-4-6-11-19)16-9-17-30(2)22-14-15-27-24(23(22)26)25-28-20-12-7-8-13-21(20)31(25)32-3/h4-8,10-15H,9,16-18H2,1-3H3. The zero-order valence-corrected chi connectivity index (χ0v) is 20.3. The molecule has 0 spiro atoms. The average molecular weight is 466 g/mol. The van der Waals surface area contributed by atoms with Crippen molar-refractivity contribution in [2.45, 2.75) is 13.0 Å². The van der Waals surface area contributed by atoms with E-state index in [0.29, 0.717) is 10.7 Å². The Balaban J connectivity index is 1.47. The van der Waals surface area contributed by atoms with Crippen molar-refractivity contribution in [3.05, 3.63) is 77.4 Å². The third kappa shape index (κ3) is 4.93. The topological polar surface area (TPSA) is 37.2 Å². The molecule has 0 saturated heterocycles. The van der Waals surface area contributed by atoms with Crippen LogP contribution in [0.4, 0.5) is 5.69 Å². The summed E-state index contributed by atoms with van der Waals surface area (Å²) in [5.41, 5.74) is 5.02. The van der Waals surface area contributed by atoms with Gasteiger partial charge < -0.3 is 9.80 Å². The number of hydrogen-bond acceptors (Lipinski definition) is 5. The number of nitrogens with zero attached hydrogens (tertiary/aromatic N) is 5. The number of aromatic nitrogens is 3. The summed E-state index contributed by atoms with van der Waals surface area (Å²) in [5.74, 6) is 0.779. The third-order valence-electron chi connectivity index (χ3n) is 5.52. The largest absolute Gasteiger partial charge is 0.373 e. The van der Waals surface area contributed by atoms with Crippen LogP contribution in [-0.2, 0) is 6.54 Å². The fourth-order valence-corrected chi connectivity index (χ4v) is 4.89. The van der Waals surface area contributed by atoms with Gasteiger partial charge in [-0.3, -0.25) is 8.96 Å². The molecule has 2 aromatic carbocycles. The van der Waals surface area contributed by atoms with Crippen molar-refractivity contribution in [2.24, 2.45) is 0 Å². The van der Waals surface area contributed by atoms with Gasteiger partial charge in [-0.15, -0.1) is 0 Å². The molecule has 7 heteroatoms. The Kier molecular flexibility index (Phi) is 7.35. The predicted octanol–water partition coefficient (Wildman–Crippen LogP) is 5.84. The first-order chi connectivity index (χ1) is 15.6. The van der Waals surface area contributed by atoms with Gasteiger partial charge in [0, 0.05) is 32.6 Å². The van der Waals surface area contributed by atoms with Gasteiger partial charge in [0.05, 0.1) is 21.7 Å². The molecule has 166 valence electrons. The fraction of sp³-hybridized carbons (Fsp3) is 0.280. The van der Waals surface area contributed by atoms with Crippen LogP contribution >= 0.6 is 23.5 Å². The van der Waals surface area contributed by atoms with Crippen LogP contribution in [0.25, 0.3) is 22.6 Å². The van der Waals surface area contributed by atoms with Crippen molar-refractivity contribution < 1.29 is 0 Å². The number of benzene rings is 2. The van der Waals surface area contributed by atoms with Crippen LogP contribution in [0, 0.1) is 0 Å². The molecule has 0 amide bonds. The Morgan fingerprint density at radius 2 is 1.72 bits per heavy atom. The van der Waals surface area contributed by atoms with Gasteiger partial charge in [-0.25, -0.2) is 4.98 Å². The van der Waals surface area contributed by atoms with Crippen LogP contribution < -0.4 is 4.90 Å². The molecule has 0 atom stereocenters. The van der Waals surface area contributed by atoms with Crippen LogP contribution in [0.1, 0.15) is 12.0 Å². The van der Waals surface area contributed by atoms with Crippen LogP contribution in [0.2, 0.25) is 5.02 Å². The molecule has 0 aliphatic heterocycles. The van der Waals surface area contributed by atoms with E-state index < -0.39 is 0 Å². The van der Waals surface area contributed by atoms with Crippen molar-refractivity contribution in [2.75, 3.05) is 38.3 Å². The molecule has 0 radical (unpaired) electrons. The Morgan fingerprint density at radius 1 is 0.969 bits per heavy atom. The highest BCUT2D eigenvalue weighted by Crippen LogP contribution is 2.36. The van der Waals surface area contributed by atoms with Gasteiger partial charge in [0.1, 0.15) is 5.69 Å². The summed E-state index contributed by atoms with van der Waals surface area (Å²) in [7, 11) is 4.25. The van der Waals surface area contributed by atoms with Gasteiger partial charge in [-0.2, -0.15) is 0 Å². The van der Waals surface area contributed by atoms with Crippen LogP contribution in [0.3, 0.4) is 0 Å². The number of halogens is 1. The SMILES string of the molecule is CSn1c(-c2nccc(N(C)CCCN(C)Cc3ccccc3)c2Cl)nc2ccccc21. The van der Waals surface area contributed by atoms with Gasteiger partial charge in [0.15, 0.2) is 5.82 Å². The molecule has 4 aromatic rings. The van der Waals surface area contributed by atoms with Crippen LogP contribution in [-0.4, -0.2) is 52.3 Å². The first kappa shape index (κ1) is 22.6. The number of imidazole rings is 1. The highest BCUT2D eigenvalue weighted by Gasteiger charge is 2.19. The van der Waals surface area contributed by atoms with E-state index in [4.69, 9.17) is 16.6 Å². The summed E-state index contributed by atoms with van der Waals surface area (Å²) in [6, 6.07) is 20.7. The van der Waals surface area contributed by atoms with Gasteiger partial charge in [-0.1, -0.05) is 54.1 Å². The number of rotatable bonds is 9. The maximum atomic E-state index is 6.87. The molecular weight excluding hydrogens is 438 g/mol. The van der Waals surface area contributed by atoms with E-state index in [1.165, 1.54) is 5.56 Å². The quantitative estimate of drug-likeness (QED) is 0.310. The minimum absolute atomic E-state index is 0.637. The van der Waals surface area contributed by atoms with Crippen LogP contribution in [0.5, 0.6) is 0 Å². The summed E-state index contributed by atoms with van der Waals surface area (Å²) in [5, 5.41) is 0.637. The van der Waals surface area contributed by atoms with Crippen molar-refractivity contribution in [3.63, 3.8) is 0 Å². The Hall–Kier alpha value is -2.54. The van der Waals surface area contributed by atoms with E-state index in [1.54, 1.807) is 11.9 Å². The monoisotopic (exact) mass is 465 g/mol. The number of hydrogen-bond donors (Lipinski definition) is 0. The molecule has 0 N–H and O–H groups in total. The van der Waals surface area contributed by atoms with Crippen molar-refractivity contribution in [3.8, 4) is 11.5 Å². The Labute approximate surface area is 199 Å². The first-order valence-corrected chi connectivity index (χ1v) is 12.2. The number of anilines is 1. The van der Waals surface area contributed by atoms with E-state index in [1.807, 2.05) is 36.7 Å². The first-order valence-electron chi connectivity index (χ1n) is 10.7. The number of pyridine rings is 1. The third-order valence-corrected chi connectivity index (χ3v) is 6.63. The number of fused-ring (bicyclic) bond motifs is 1. The molecule has 0 saturated carbocycles. The van der Waals surface area contributed by atoms with E-state index in [-0.39, 0.29) is 0 Å². The second kappa shape index (κ2) is 10.4. The Morgan fingerprint density at radius 3 is 2.50 bits per heavy atom. The normalized spacial score (nSPS) is 11.4. The molecule has 32 heavy (non-hydrogen) atoms. The predicted molar refractivity (Wildman–Crippen MR) is 138 cm³/mol. The summed E-state index contributed by atoms with van der Waals surface area (Å²) < 4.78 is 2.09. The molecule has 0 aliphatic rings. The van der Waals surface area contributed by atoms with E-state index in [2.05, 4.69) is 69.2 Å². The lowest BCUT2D eigenvalue weighted by Gasteiger charge is -2.23. The smallest absolute Gasteiger partial charge is 0.171 e. The maximum absolute atomic E-state index is 6.87. The number of para-hydroxylation sites is 2. The van der Waals surface area contributed by atoms with E-state index in [9.17, 15) is 0 Å². The molecule has 5 nitrogen and oxygen atoms in total. The van der Waals surface area contributed by atoms with Gasteiger partial charge in [-0.05, 0) is 55.7 Å². The summed E-state index contributed by atoms with van der Waals surface area (Å²) in [6.07, 6.45) is 4.89. The second-order valence-corrected chi connectivity index (χ2v) is 9.00. The summed E-state index contributed by atoms with van der Waals surface area (Å²) in [6.45, 7) is 2.87. The fourth-order valence-electron chi connectivity index (χ4n) is 3.89. The summed E-state index contributed by atoms with van der Waals surface area (Å²) >= 11 is 8.47. The van der Waals surface area contributed by atoms with Gasteiger partial charge >= 0.3 is 0 Å². The van der Waals surface area contributed by atoms with E-state index in [0.717, 1.165) is 48.6 Å². The van der Waals surface area contributed by atoms with Gasteiger partial charge in [0.2, 0.25) is 0 Å². The average Bonchev–Trinajstić information content (AvgIpc) is 3.18. The second-order valence-electron chi connectivity index (χ2n) is 7.89. The van der Waals surface area contributed by atoms with Gasteiger partial charge in [0.25, 0.3) is 0 Å². The minimum atomic E-state index is 0.637. The Bertz CT molecular complexity index is 1180. The molecular formula is C25H28ClN5S. The molecule has 2 aromatic heterocycles. The minimum Gasteiger partial charge on any atom is -0.373 e. The zero-order chi connectivity index (χ0) is 22.5. The lowest BCUT2D eigenvalue weighted by atomic mass is 10.2.